The van der Waals surface area contributed by atoms with Gasteiger partial charge in [-0.3, -0.25) is 14.7 Å². The van der Waals surface area contributed by atoms with Gasteiger partial charge < -0.3 is 15.2 Å². The number of aliphatic hydroxyl groups is 1. The molecule has 1 aromatic heterocycles. The van der Waals surface area contributed by atoms with Crippen LogP contribution in [0.25, 0.3) is 11.3 Å². The van der Waals surface area contributed by atoms with Crippen LogP contribution in [0.5, 0.6) is 0 Å². The Hall–Kier alpha value is -3.28. The number of likely N-dealkylation sites (tertiary alicyclic amines) is 1. The molecule has 1 aliphatic rings. The fourth-order valence-electron chi connectivity index (χ4n) is 3.40. The van der Waals surface area contributed by atoms with Crippen LogP contribution >= 0.6 is 0 Å². The van der Waals surface area contributed by atoms with Crippen molar-refractivity contribution in [2.75, 3.05) is 6.54 Å². The predicted molar refractivity (Wildman–Crippen MR) is 112 cm³/mol. The normalized spacial score (nSPS) is 18.6. The topological polar surface area (TPSA) is 105 Å². The molecule has 1 aromatic carbocycles. The van der Waals surface area contributed by atoms with E-state index in [1.165, 1.54) is 12.1 Å². The molecule has 1 fully saturated rings. The van der Waals surface area contributed by atoms with Gasteiger partial charge in [0, 0.05) is 18.7 Å². The molecular formula is C22H24F4N4O4. The van der Waals surface area contributed by atoms with Crippen LogP contribution < -0.4 is 5.32 Å². The van der Waals surface area contributed by atoms with Gasteiger partial charge in [-0.1, -0.05) is 6.07 Å². The van der Waals surface area contributed by atoms with Gasteiger partial charge in [0.25, 0.3) is 0 Å². The average molecular weight is 484 g/mol. The Balaban J connectivity index is 1.71. The first-order chi connectivity index (χ1) is 15.8. The molecule has 2 amide bonds. The highest BCUT2D eigenvalue weighted by Gasteiger charge is 2.42. The minimum atomic E-state index is -4.67. The fourth-order valence-corrected chi connectivity index (χ4v) is 3.40. The number of rotatable bonds is 4. The molecule has 12 heteroatoms. The summed E-state index contributed by atoms with van der Waals surface area (Å²) in [6.45, 7) is 5.09. The minimum Gasteiger partial charge on any atom is -0.444 e. The van der Waals surface area contributed by atoms with Crippen LogP contribution in [-0.4, -0.2) is 56.3 Å². The molecule has 1 aliphatic heterocycles. The van der Waals surface area contributed by atoms with E-state index in [-0.39, 0.29) is 30.8 Å². The first-order valence-corrected chi connectivity index (χ1v) is 10.4. The molecule has 0 aliphatic carbocycles. The predicted octanol–water partition coefficient (Wildman–Crippen LogP) is 3.29. The van der Waals surface area contributed by atoms with E-state index in [1.54, 1.807) is 20.8 Å². The second-order valence-electron chi connectivity index (χ2n) is 8.79. The summed E-state index contributed by atoms with van der Waals surface area (Å²) in [4.78, 5) is 33.2. The number of amides is 2. The molecule has 2 aromatic rings. The molecule has 0 radical (unpaired) electrons. The van der Waals surface area contributed by atoms with Gasteiger partial charge in [-0.15, -0.1) is 0 Å². The van der Waals surface area contributed by atoms with Gasteiger partial charge in [0.2, 0.25) is 5.91 Å². The largest absolute Gasteiger partial charge is 0.444 e. The lowest BCUT2D eigenvalue weighted by Gasteiger charge is -2.28. The Morgan fingerprint density at radius 1 is 1.21 bits per heavy atom. The maximum Gasteiger partial charge on any atom is 0.434 e. The van der Waals surface area contributed by atoms with E-state index in [2.05, 4.69) is 15.3 Å². The van der Waals surface area contributed by atoms with E-state index in [1.807, 2.05) is 0 Å². The number of nitrogens with one attached hydrogen (secondary N) is 1. The second-order valence-corrected chi connectivity index (χ2v) is 8.79. The molecule has 8 nitrogen and oxygen atoms in total. The van der Waals surface area contributed by atoms with Gasteiger partial charge in [-0.25, -0.2) is 14.2 Å². The molecule has 0 saturated carbocycles. The van der Waals surface area contributed by atoms with Gasteiger partial charge in [0.1, 0.15) is 17.5 Å². The standard InChI is InChI=1S/C22H24F4N4O4/c1-21(2,3)34-20(33)30-7-6-16(31)18(30)19(32)29-9-12-4-5-14(23)13(8-12)15-10-28-17(11-27-15)22(24,25)26/h4-5,8,10-11,16,18,31H,6-7,9H2,1-3H3,(H,29,32)/t16-,18+/m1/s1. The third-order valence-electron chi connectivity index (χ3n) is 4.98. The zero-order valence-corrected chi connectivity index (χ0v) is 18.7. The van der Waals surface area contributed by atoms with E-state index >= 15 is 0 Å². The van der Waals surface area contributed by atoms with Crippen LogP contribution in [0.2, 0.25) is 0 Å². The Morgan fingerprint density at radius 2 is 1.91 bits per heavy atom. The first-order valence-electron chi connectivity index (χ1n) is 10.4. The zero-order chi connectivity index (χ0) is 25.3. The van der Waals surface area contributed by atoms with Crippen LogP contribution in [0.15, 0.2) is 30.6 Å². The summed E-state index contributed by atoms with van der Waals surface area (Å²) in [5.41, 5.74) is -1.77. The molecule has 34 heavy (non-hydrogen) atoms. The smallest absolute Gasteiger partial charge is 0.434 e. The monoisotopic (exact) mass is 484 g/mol. The lowest BCUT2D eigenvalue weighted by molar-refractivity contribution is -0.141. The van der Waals surface area contributed by atoms with Crippen LogP contribution in [0.4, 0.5) is 22.4 Å². The van der Waals surface area contributed by atoms with Crippen LogP contribution in [0.3, 0.4) is 0 Å². The maximum absolute atomic E-state index is 14.3. The molecule has 0 unspecified atom stereocenters. The van der Waals surface area contributed by atoms with Crippen molar-refractivity contribution in [3.8, 4) is 11.3 Å². The number of carbonyl (C=O) groups excluding carboxylic acids is 2. The third kappa shape index (κ3) is 5.99. The number of hydrogen-bond donors (Lipinski definition) is 2. The number of halogens is 4. The summed E-state index contributed by atoms with van der Waals surface area (Å²) in [6, 6.07) is 2.64. The van der Waals surface area contributed by atoms with Crippen molar-refractivity contribution in [2.24, 2.45) is 0 Å². The van der Waals surface area contributed by atoms with Gasteiger partial charge in [-0.05, 0) is 44.9 Å². The molecule has 2 heterocycles. The summed E-state index contributed by atoms with van der Waals surface area (Å²) in [5.74, 6) is -1.36. The Kier molecular flexibility index (Phi) is 7.10. The Bertz CT molecular complexity index is 1050. The van der Waals surface area contributed by atoms with Crippen molar-refractivity contribution in [2.45, 2.75) is 57.7 Å². The number of aliphatic hydroxyl groups excluding tert-OH is 1. The van der Waals surface area contributed by atoms with Crippen molar-refractivity contribution in [3.63, 3.8) is 0 Å². The van der Waals surface area contributed by atoms with Crippen molar-refractivity contribution >= 4 is 12.0 Å². The SMILES string of the molecule is CC(C)(C)OC(=O)N1CC[C@@H](O)[C@H]1C(=O)NCc1ccc(F)c(-c2cnc(C(F)(F)F)cn2)c1. The number of benzene rings is 1. The van der Waals surface area contributed by atoms with E-state index in [0.29, 0.717) is 11.8 Å². The number of hydrogen-bond acceptors (Lipinski definition) is 6. The number of aromatic nitrogens is 2. The number of ether oxygens (including phenoxy) is 1. The van der Waals surface area contributed by atoms with Crippen molar-refractivity contribution in [1.29, 1.82) is 0 Å². The molecule has 1 saturated heterocycles. The van der Waals surface area contributed by atoms with Crippen molar-refractivity contribution in [1.82, 2.24) is 20.2 Å². The molecule has 184 valence electrons. The second kappa shape index (κ2) is 9.53. The molecule has 2 atom stereocenters. The number of nitrogens with zero attached hydrogens (tertiary/aromatic N) is 3. The van der Waals surface area contributed by atoms with Gasteiger partial charge in [-0.2, -0.15) is 13.2 Å². The highest BCUT2D eigenvalue weighted by atomic mass is 19.4. The first kappa shape index (κ1) is 25.3. The number of carbonyl (C=O) groups is 2. The summed E-state index contributed by atoms with van der Waals surface area (Å²) >= 11 is 0. The fraction of sp³-hybridized carbons (Fsp3) is 0.455. The quantitative estimate of drug-likeness (QED) is 0.646. The van der Waals surface area contributed by atoms with E-state index in [4.69, 9.17) is 4.74 Å². The lowest BCUT2D eigenvalue weighted by Crippen LogP contribution is -2.51. The Labute approximate surface area is 193 Å². The Morgan fingerprint density at radius 3 is 2.50 bits per heavy atom. The molecule has 3 rings (SSSR count). The average Bonchev–Trinajstić information content (AvgIpc) is 3.13. The van der Waals surface area contributed by atoms with Gasteiger partial charge in [0.15, 0.2) is 5.69 Å². The van der Waals surface area contributed by atoms with Crippen LogP contribution in [-0.2, 0) is 22.3 Å². The van der Waals surface area contributed by atoms with E-state index in [9.17, 15) is 32.3 Å². The summed E-state index contributed by atoms with van der Waals surface area (Å²) in [5, 5.41) is 12.8. The van der Waals surface area contributed by atoms with Crippen LogP contribution in [0.1, 0.15) is 38.4 Å². The van der Waals surface area contributed by atoms with Crippen LogP contribution in [0, 0.1) is 5.82 Å². The van der Waals surface area contributed by atoms with E-state index in [0.717, 1.165) is 17.2 Å². The maximum atomic E-state index is 14.3. The van der Waals surface area contributed by atoms with Crippen molar-refractivity contribution in [3.05, 3.63) is 47.7 Å². The zero-order valence-electron chi connectivity index (χ0n) is 18.7. The van der Waals surface area contributed by atoms with Crippen molar-refractivity contribution < 1.29 is 37.0 Å². The summed E-state index contributed by atoms with van der Waals surface area (Å²) < 4.78 is 57.6. The van der Waals surface area contributed by atoms with Gasteiger partial charge in [0.05, 0.1) is 24.2 Å². The summed E-state index contributed by atoms with van der Waals surface area (Å²) in [7, 11) is 0. The lowest BCUT2D eigenvalue weighted by atomic mass is 10.1. The highest BCUT2D eigenvalue weighted by Crippen LogP contribution is 2.29. The molecule has 2 N–H and O–H groups in total. The minimum absolute atomic E-state index is 0.0917. The molecule has 0 bridgehead atoms. The molecular weight excluding hydrogens is 460 g/mol. The highest BCUT2D eigenvalue weighted by molar-refractivity contribution is 5.87. The third-order valence-corrected chi connectivity index (χ3v) is 4.98. The van der Waals surface area contributed by atoms with E-state index < -0.39 is 47.4 Å². The molecule has 0 spiro atoms. The van der Waals surface area contributed by atoms with Gasteiger partial charge >= 0.3 is 12.3 Å². The number of alkyl halides is 3. The summed E-state index contributed by atoms with van der Waals surface area (Å²) in [6.07, 6.45) is -4.96.